The Balaban J connectivity index is 2.29. The molecule has 0 saturated heterocycles. The monoisotopic (exact) mass is 322 g/mol. The second-order valence-electron chi connectivity index (χ2n) is 8.05. The van der Waals surface area contributed by atoms with Gasteiger partial charge in [0.15, 0.2) is 0 Å². The molecule has 1 fully saturated rings. The van der Waals surface area contributed by atoms with Crippen LogP contribution >= 0.6 is 0 Å². The van der Waals surface area contributed by atoms with Crippen molar-refractivity contribution in [2.45, 2.75) is 60.3 Å². The van der Waals surface area contributed by atoms with E-state index in [1.54, 1.807) is 0 Å². The summed E-state index contributed by atoms with van der Waals surface area (Å²) in [5, 5.41) is 0. The van der Waals surface area contributed by atoms with E-state index >= 15 is 0 Å². The first-order chi connectivity index (χ1) is 10.7. The Morgan fingerprint density at radius 2 is 1.78 bits per heavy atom. The van der Waals surface area contributed by atoms with Crippen LogP contribution in [0.1, 0.15) is 60.3 Å². The number of hydrogen-bond acceptors (Lipinski definition) is 4. The fourth-order valence-electron chi connectivity index (χ4n) is 4.85. The molecule has 0 amide bonds. The van der Waals surface area contributed by atoms with Gasteiger partial charge in [0.2, 0.25) is 0 Å². The molecule has 4 heteroatoms. The third-order valence-electron chi connectivity index (χ3n) is 6.03. The summed E-state index contributed by atoms with van der Waals surface area (Å²) in [5.41, 5.74) is 1.48. The van der Waals surface area contributed by atoms with Gasteiger partial charge in [-0.15, -0.1) is 0 Å². The van der Waals surface area contributed by atoms with Gasteiger partial charge in [0.25, 0.3) is 0 Å². The normalized spacial score (nSPS) is 32.5. The summed E-state index contributed by atoms with van der Waals surface area (Å²) in [5.74, 6) is 0.167. The molecule has 0 bridgehead atoms. The van der Waals surface area contributed by atoms with Crippen LogP contribution in [0.4, 0.5) is 0 Å². The largest absolute Gasteiger partial charge is 0.465 e. The minimum atomic E-state index is -0.270. The molecule has 0 spiro atoms. The number of carbonyl (C=O) groups is 2. The topological polar surface area (TPSA) is 52.6 Å². The first-order valence-electron chi connectivity index (χ1n) is 8.62. The lowest BCUT2D eigenvalue weighted by Gasteiger charge is -2.56. The smallest absolute Gasteiger partial charge is 0.302 e. The zero-order valence-electron chi connectivity index (χ0n) is 15.1. The van der Waals surface area contributed by atoms with E-state index in [1.165, 1.54) is 26.7 Å². The summed E-state index contributed by atoms with van der Waals surface area (Å²) in [6.07, 6.45) is 6.79. The third-order valence-corrected chi connectivity index (χ3v) is 6.03. The van der Waals surface area contributed by atoms with Crippen molar-refractivity contribution in [2.24, 2.45) is 22.7 Å². The van der Waals surface area contributed by atoms with Crippen LogP contribution in [-0.4, -0.2) is 25.2 Å². The summed E-state index contributed by atoms with van der Waals surface area (Å²) in [6, 6.07) is 0. The molecule has 3 atom stereocenters. The first kappa shape index (κ1) is 18.0. The molecule has 0 unspecified atom stereocenters. The predicted molar refractivity (Wildman–Crippen MR) is 88.7 cm³/mol. The van der Waals surface area contributed by atoms with E-state index in [1.807, 2.05) is 0 Å². The average Bonchev–Trinajstić information content (AvgIpc) is 2.42. The van der Waals surface area contributed by atoms with Gasteiger partial charge in [0.05, 0.1) is 6.61 Å². The Kier molecular flexibility index (Phi) is 5.22. The molecule has 2 aliphatic carbocycles. The number of rotatable bonds is 4. The molecule has 1 saturated carbocycles. The molecule has 2 rings (SSSR count). The van der Waals surface area contributed by atoms with Gasteiger partial charge in [-0.1, -0.05) is 33.3 Å². The van der Waals surface area contributed by atoms with Crippen LogP contribution in [-0.2, 0) is 19.1 Å². The summed E-state index contributed by atoms with van der Waals surface area (Å²) in [6.45, 7) is 10.6. The lowest BCUT2D eigenvalue weighted by atomic mass is 9.49. The van der Waals surface area contributed by atoms with E-state index in [-0.39, 0.29) is 28.7 Å². The van der Waals surface area contributed by atoms with Crippen LogP contribution in [0.15, 0.2) is 11.6 Å². The van der Waals surface area contributed by atoms with Crippen molar-refractivity contribution in [3.63, 3.8) is 0 Å². The minimum Gasteiger partial charge on any atom is -0.465 e. The highest BCUT2D eigenvalue weighted by atomic mass is 16.5. The fourth-order valence-corrected chi connectivity index (χ4v) is 4.85. The molecule has 4 nitrogen and oxygen atoms in total. The Labute approximate surface area is 139 Å². The second-order valence-corrected chi connectivity index (χ2v) is 8.05. The highest BCUT2D eigenvalue weighted by Crippen LogP contribution is 2.59. The van der Waals surface area contributed by atoms with Gasteiger partial charge in [0.1, 0.15) is 6.61 Å². The standard InChI is InChI=1S/C19H30O4/c1-13(20)22-11-15-7-8-17-18(3,4)9-6-10-19(17,5)16(15)12-23-14(2)21/h7,16-17H,6,8-12H2,1-5H3/t16-,17-,19+/m0/s1. The SMILES string of the molecule is CC(=O)OCC1=CC[C@H]2C(C)(C)CCC[C@]2(C)[C@H]1COC(C)=O. The van der Waals surface area contributed by atoms with Crippen molar-refractivity contribution in [2.75, 3.05) is 13.2 Å². The molecule has 0 heterocycles. The van der Waals surface area contributed by atoms with Crippen LogP contribution in [0, 0.1) is 22.7 Å². The number of allylic oxidation sites excluding steroid dienone is 1. The molecule has 0 aromatic rings. The Hall–Kier alpha value is -1.32. The molecular formula is C19H30O4. The Bertz CT molecular complexity index is 505. The summed E-state index contributed by atoms with van der Waals surface area (Å²) >= 11 is 0. The average molecular weight is 322 g/mol. The van der Waals surface area contributed by atoms with Crippen molar-refractivity contribution in [1.82, 2.24) is 0 Å². The first-order valence-corrected chi connectivity index (χ1v) is 8.62. The van der Waals surface area contributed by atoms with Crippen molar-refractivity contribution >= 4 is 11.9 Å². The lowest BCUT2D eigenvalue weighted by Crippen LogP contribution is -2.50. The van der Waals surface area contributed by atoms with Crippen molar-refractivity contribution in [3.05, 3.63) is 11.6 Å². The number of esters is 2. The highest BCUT2D eigenvalue weighted by molar-refractivity contribution is 5.66. The number of hydrogen-bond donors (Lipinski definition) is 0. The van der Waals surface area contributed by atoms with E-state index < -0.39 is 0 Å². The van der Waals surface area contributed by atoms with Gasteiger partial charge in [-0.25, -0.2) is 0 Å². The van der Waals surface area contributed by atoms with Crippen LogP contribution in [0.2, 0.25) is 0 Å². The van der Waals surface area contributed by atoms with E-state index in [0.717, 1.165) is 18.4 Å². The van der Waals surface area contributed by atoms with Crippen molar-refractivity contribution in [3.8, 4) is 0 Å². The molecule has 0 aliphatic heterocycles. The fraction of sp³-hybridized carbons (Fsp3) is 0.789. The van der Waals surface area contributed by atoms with Gasteiger partial charge in [-0.05, 0) is 41.6 Å². The van der Waals surface area contributed by atoms with Gasteiger partial charge >= 0.3 is 11.9 Å². The summed E-state index contributed by atoms with van der Waals surface area (Å²) in [4.78, 5) is 22.5. The number of ether oxygens (including phenoxy) is 2. The van der Waals surface area contributed by atoms with E-state index in [4.69, 9.17) is 9.47 Å². The number of carbonyl (C=O) groups excluding carboxylic acids is 2. The quantitative estimate of drug-likeness (QED) is 0.582. The zero-order chi connectivity index (χ0) is 17.3. The van der Waals surface area contributed by atoms with Crippen molar-refractivity contribution < 1.29 is 19.1 Å². The molecule has 0 N–H and O–H groups in total. The zero-order valence-corrected chi connectivity index (χ0v) is 15.1. The second kappa shape index (κ2) is 6.66. The van der Waals surface area contributed by atoms with Crippen LogP contribution in [0.25, 0.3) is 0 Å². The summed E-state index contributed by atoms with van der Waals surface area (Å²) in [7, 11) is 0. The third kappa shape index (κ3) is 3.78. The maximum absolute atomic E-state index is 11.3. The number of fused-ring (bicyclic) bond motifs is 1. The summed E-state index contributed by atoms with van der Waals surface area (Å²) < 4.78 is 10.6. The van der Waals surface area contributed by atoms with Gasteiger partial charge in [0, 0.05) is 19.8 Å². The van der Waals surface area contributed by atoms with Crippen LogP contribution < -0.4 is 0 Å². The highest BCUT2D eigenvalue weighted by Gasteiger charge is 2.52. The minimum absolute atomic E-state index is 0.0848. The molecule has 0 aromatic carbocycles. The van der Waals surface area contributed by atoms with E-state index in [9.17, 15) is 9.59 Å². The van der Waals surface area contributed by atoms with Crippen LogP contribution in [0.5, 0.6) is 0 Å². The van der Waals surface area contributed by atoms with Crippen LogP contribution in [0.3, 0.4) is 0 Å². The molecule has 0 aromatic heterocycles. The molecule has 0 radical (unpaired) electrons. The molecule has 23 heavy (non-hydrogen) atoms. The van der Waals surface area contributed by atoms with E-state index in [2.05, 4.69) is 26.8 Å². The van der Waals surface area contributed by atoms with Crippen molar-refractivity contribution in [1.29, 1.82) is 0 Å². The Morgan fingerprint density at radius 3 is 2.39 bits per heavy atom. The van der Waals surface area contributed by atoms with E-state index in [0.29, 0.717) is 19.1 Å². The van der Waals surface area contributed by atoms with Gasteiger partial charge < -0.3 is 9.47 Å². The maximum Gasteiger partial charge on any atom is 0.302 e. The molecule has 130 valence electrons. The van der Waals surface area contributed by atoms with Gasteiger partial charge in [-0.2, -0.15) is 0 Å². The molecule has 2 aliphatic rings. The lowest BCUT2D eigenvalue weighted by molar-refractivity contribution is -0.147. The Morgan fingerprint density at radius 1 is 1.13 bits per heavy atom. The molecular weight excluding hydrogens is 292 g/mol. The predicted octanol–water partition coefficient (Wildman–Crippen LogP) is 3.89. The maximum atomic E-state index is 11.3. The van der Waals surface area contributed by atoms with Gasteiger partial charge in [-0.3, -0.25) is 9.59 Å².